The molecule has 18 heavy (non-hydrogen) atoms. The molecule has 0 aromatic carbocycles. The van der Waals surface area contributed by atoms with E-state index in [0.29, 0.717) is 5.92 Å². The molecule has 0 atom stereocenters. The number of thiophene rings is 1. The second-order valence-corrected chi connectivity index (χ2v) is 6.62. The minimum atomic E-state index is 0.662. The number of hydrogen-bond donors (Lipinski definition) is 0. The Kier molecular flexibility index (Phi) is 4.81. The Balaban J connectivity index is 1.87. The molecule has 0 N–H and O–H groups in total. The molecule has 3 heteroatoms. The molecule has 1 aromatic rings. The van der Waals surface area contributed by atoms with Gasteiger partial charge in [0.1, 0.15) is 6.29 Å². The van der Waals surface area contributed by atoms with Gasteiger partial charge in [0.25, 0.3) is 0 Å². The average Bonchev–Trinajstić information content (AvgIpc) is 2.80. The van der Waals surface area contributed by atoms with Gasteiger partial charge in [-0.25, -0.2) is 0 Å². The molecule has 0 bridgehead atoms. The van der Waals surface area contributed by atoms with Crippen LogP contribution in [0.1, 0.15) is 37.0 Å². The van der Waals surface area contributed by atoms with E-state index in [2.05, 4.69) is 30.4 Å². The first-order valence-corrected chi connectivity index (χ1v) is 7.76. The van der Waals surface area contributed by atoms with Crippen molar-refractivity contribution in [2.24, 2.45) is 11.8 Å². The summed E-state index contributed by atoms with van der Waals surface area (Å²) in [6, 6.07) is 2.22. The van der Waals surface area contributed by atoms with Gasteiger partial charge in [-0.2, -0.15) is 0 Å². The van der Waals surface area contributed by atoms with E-state index in [0.717, 1.165) is 18.6 Å². The highest BCUT2D eigenvalue weighted by Crippen LogP contribution is 2.35. The number of aldehydes is 1. The van der Waals surface area contributed by atoms with Crippen LogP contribution in [0.2, 0.25) is 0 Å². The van der Waals surface area contributed by atoms with Crippen LogP contribution in [0, 0.1) is 11.8 Å². The number of carbonyl (C=O) groups is 1. The summed E-state index contributed by atoms with van der Waals surface area (Å²) >= 11 is 1.88. The summed E-state index contributed by atoms with van der Waals surface area (Å²) in [5.41, 5.74) is 1.38. The molecule has 0 spiro atoms. The summed E-state index contributed by atoms with van der Waals surface area (Å²) in [6.45, 7) is 0. The third-order valence-electron chi connectivity index (χ3n) is 4.07. The fourth-order valence-corrected chi connectivity index (χ4v) is 4.02. The molecule has 1 aliphatic rings. The van der Waals surface area contributed by atoms with Crippen molar-refractivity contribution in [3.05, 3.63) is 16.3 Å². The van der Waals surface area contributed by atoms with Crippen LogP contribution in [0.25, 0.3) is 0 Å². The lowest BCUT2D eigenvalue weighted by Crippen LogP contribution is -2.17. The molecular formula is C15H23NOS. The molecular weight excluding hydrogens is 242 g/mol. The summed E-state index contributed by atoms with van der Waals surface area (Å²) in [4.78, 5) is 14.3. The number of carbonyl (C=O) groups excluding carboxylic acids is 1. The average molecular weight is 265 g/mol. The molecule has 1 fully saturated rings. The van der Waals surface area contributed by atoms with Gasteiger partial charge >= 0.3 is 0 Å². The van der Waals surface area contributed by atoms with Crippen molar-refractivity contribution >= 4 is 23.3 Å². The first-order valence-electron chi connectivity index (χ1n) is 6.88. The molecule has 1 saturated carbocycles. The van der Waals surface area contributed by atoms with Crippen molar-refractivity contribution in [1.82, 2.24) is 0 Å². The van der Waals surface area contributed by atoms with Crippen LogP contribution in [0.5, 0.6) is 0 Å². The summed E-state index contributed by atoms with van der Waals surface area (Å²) in [6.07, 6.45) is 8.16. The lowest BCUT2D eigenvalue weighted by atomic mass is 9.79. The van der Waals surface area contributed by atoms with Gasteiger partial charge in [0, 0.05) is 25.4 Å². The zero-order valence-electron chi connectivity index (χ0n) is 11.4. The van der Waals surface area contributed by atoms with Crippen molar-refractivity contribution in [1.29, 1.82) is 0 Å². The quantitative estimate of drug-likeness (QED) is 0.756. The molecule has 2 nitrogen and oxygen atoms in total. The second kappa shape index (κ2) is 6.37. The zero-order chi connectivity index (χ0) is 13.0. The highest BCUT2D eigenvalue weighted by molar-refractivity contribution is 7.10. The van der Waals surface area contributed by atoms with Crippen LogP contribution in [-0.4, -0.2) is 20.4 Å². The maximum atomic E-state index is 10.5. The molecule has 100 valence electrons. The Morgan fingerprint density at radius 2 is 1.94 bits per heavy atom. The molecule has 2 rings (SSSR count). The molecule has 1 aliphatic carbocycles. The summed E-state index contributed by atoms with van der Waals surface area (Å²) < 4.78 is 0. The molecule has 0 amide bonds. The van der Waals surface area contributed by atoms with E-state index in [-0.39, 0.29) is 0 Å². The SMILES string of the molecule is CN(C)c1ccsc1CC1CCC(CC=O)CC1. The predicted octanol–water partition coefficient (Wildman–Crippen LogP) is 3.75. The summed E-state index contributed by atoms with van der Waals surface area (Å²) in [5, 5.41) is 2.20. The van der Waals surface area contributed by atoms with Gasteiger partial charge in [-0.3, -0.25) is 0 Å². The predicted molar refractivity (Wildman–Crippen MR) is 78.5 cm³/mol. The van der Waals surface area contributed by atoms with Gasteiger partial charge < -0.3 is 9.69 Å². The zero-order valence-corrected chi connectivity index (χ0v) is 12.2. The van der Waals surface area contributed by atoms with E-state index in [1.54, 1.807) is 0 Å². The van der Waals surface area contributed by atoms with Crippen molar-refractivity contribution in [3.63, 3.8) is 0 Å². The Labute approximate surface area is 114 Å². The van der Waals surface area contributed by atoms with E-state index >= 15 is 0 Å². The third kappa shape index (κ3) is 3.35. The third-order valence-corrected chi connectivity index (χ3v) is 5.01. The molecule has 0 saturated heterocycles. The topological polar surface area (TPSA) is 20.3 Å². The fraction of sp³-hybridized carbons (Fsp3) is 0.667. The molecule has 1 aromatic heterocycles. The summed E-state index contributed by atoms with van der Waals surface area (Å²) in [5.74, 6) is 1.49. The largest absolute Gasteiger partial charge is 0.377 e. The van der Waals surface area contributed by atoms with Crippen LogP contribution < -0.4 is 4.90 Å². The highest BCUT2D eigenvalue weighted by Gasteiger charge is 2.22. The Morgan fingerprint density at radius 3 is 2.56 bits per heavy atom. The van der Waals surface area contributed by atoms with Crippen molar-refractivity contribution < 1.29 is 4.79 Å². The van der Waals surface area contributed by atoms with Gasteiger partial charge in [0.05, 0.1) is 5.69 Å². The van der Waals surface area contributed by atoms with Gasteiger partial charge in [0.15, 0.2) is 0 Å². The lowest BCUT2D eigenvalue weighted by Gasteiger charge is -2.27. The first-order chi connectivity index (χ1) is 8.70. The number of rotatable bonds is 5. The van der Waals surface area contributed by atoms with Gasteiger partial charge in [0.2, 0.25) is 0 Å². The van der Waals surface area contributed by atoms with Crippen molar-refractivity contribution in [3.8, 4) is 0 Å². The normalized spacial score (nSPS) is 23.9. The van der Waals surface area contributed by atoms with Crippen LogP contribution >= 0.6 is 11.3 Å². The molecule has 1 heterocycles. The molecule has 0 radical (unpaired) electrons. The Bertz CT molecular complexity index is 378. The van der Waals surface area contributed by atoms with E-state index < -0.39 is 0 Å². The van der Waals surface area contributed by atoms with Gasteiger partial charge in [-0.15, -0.1) is 11.3 Å². The van der Waals surface area contributed by atoms with Crippen molar-refractivity contribution in [2.45, 2.75) is 38.5 Å². The Hall–Kier alpha value is -0.830. The van der Waals surface area contributed by atoms with Crippen LogP contribution in [0.3, 0.4) is 0 Å². The second-order valence-electron chi connectivity index (χ2n) is 5.62. The maximum absolute atomic E-state index is 10.5. The first kappa shape index (κ1) is 13.6. The van der Waals surface area contributed by atoms with E-state index in [1.807, 2.05) is 11.3 Å². The summed E-state index contributed by atoms with van der Waals surface area (Å²) in [7, 11) is 4.24. The van der Waals surface area contributed by atoms with Gasteiger partial charge in [-0.1, -0.05) is 0 Å². The lowest BCUT2D eigenvalue weighted by molar-refractivity contribution is -0.108. The van der Waals surface area contributed by atoms with E-state index in [4.69, 9.17) is 0 Å². The Morgan fingerprint density at radius 1 is 1.28 bits per heavy atom. The standard InChI is InChI=1S/C15H23NOS/c1-16(2)14-8-10-18-15(14)11-13-5-3-12(4-6-13)7-9-17/h8-10,12-13H,3-7,11H2,1-2H3. The minimum Gasteiger partial charge on any atom is -0.377 e. The highest BCUT2D eigenvalue weighted by atomic mass is 32.1. The maximum Gasteiger partial charge on any atom is 0.120 e. The van der Waals surface area contributed by atoms with E-state index in [9.17, 15) is 4.79 Å². The monoisotopic (exact) mass is 265 g/mol. The number of anilines is 1. The fourth-order valence-electron chi connectivity index (χ4n) is 2.95. The van der Waals surface area contributed by atoms with Crippen molar-refractivity contribution in [2.75, 3.05) is 19.0 Å². The van der Waals surface area contributed by atoms with Gasteiger partial charge in [-0.05, 0) is 55.4 Å². The molecule has 0 aliphatic heterocycles. The molecule has 0 unspecified atom stereocenters. The van der Waals surface area contributed by atoms with E-state index in [1.165, 1.54) is 42.7 Å². The minimum absolute atomic E-state index is 0.662. The number of nitrogens with zero attached hydrogens (tertiary/aromatic N) is 1. The van der Waals surface area contributed by atoms with Crippen LogP contribution in [0.4, 0.5) is 5.69 Å². The van der Waals surface area contributed by atoms with Crippen LogP contribution in [-0.2, 0) is 11.2 Å². The number of hydrogen-bond acceptors (Lipinski definition) is 3. The van der Waals surface area contributed by atoms with Crippen LogP contribution in [0.15, 0.2) is 11.4 Å². The smallest absolute Gasteiger partial charge is 0.120 e.